The third-order valence-electron chi connectivity index (χ3n) is 2.69. The maximum Gasteiger partial charge on any atom is 0.248 e. The van der Waals surface area contributed by atoms with Gasteiger partial charge in [0.15, 0.2) is 0 Å². The molecule has 0 aliphatic rings. The van der Waals surface area contributed by atoms with E-state index in [1.807, 2.05) is 11.8 Å². The van der Waals surface area contributed by atoms with Gasteiger partial charge in [0.25, 0.3) is 0 Å². The number of hydrogen-bond acceptors (Lipinski definition) is 3. The largest absolute Gasteiger partial charge is 0.395 e. The van der Waals surface area contributed by atoms with Gasteiger partial charge in [0.05, 0.1) is 6.61 Å². The van der Waals surface area contributed by atoms with E-state index in [2.05, 4.69) is 0 Å². The number of benzene rings is 1. The Bertz CT molecular complexity index is 404. The van der Waals surface area contributed by atoms with Crippen LogP contribution in [0.2, 0.25) is 0 Å². The molecule has 18 heavy (non-hydrogen) atoms. The summed E-state index contributed by atoms with van der Waals surface area (Å²) in [5.74, 6) is -1.08. The Labute approximate surface area is 106 Å². The average Bonchev–Trinajstić information content (AvgIpc) is 2.32. The van der Waals surface area contributed by atoms with Crippen LogP contribution in [0, 0.1) is 5.82 Å². The maximum absolute atomic E-state index is 13.8. The number of carbonyl (C=O) groups excluding carboxylic acids is 1. The topological polar surface area (TPSA) is 66.6 Å². The van der Waals surface area contributed by atoms with Gasteiger partial charge in [-0.2, -0.15) is 0 Å². The molecule has 1 aromatic rings. The summed E-state index contributed by atoms with van der Waals surface area (Å²) in [6.45, 7) is 3.78. The van der Waals surface area contributed by atoms with E-state index in [0.29, 0.717) is 18.7 Å². The van der Waals surface area contributed by atoms with Crippen LogP contribution in [0.15, 0.2) is 18.2 Å². The van der Waals surface area contributed by atoms with Gasteiger partial charge in [0.1, 0.15) is 5.82 Å². The predicted octanol–water partition coefficient (Wildman–Crippen LogP) is 1.13. The quantitative estimate of drug-likeness (QED) is 0.766. The molecule has 4 nitrogen and oxygen atoms in total. The summed E-state index contributed by atoms with van der Waals surface area (Å²) in [4.78, 5) is 12.9. The zero-order valence-electron chi connectivity index (χ0n) is 10.5. The van der Waals surface area contributed by atoms with E-state index in [4.69, 9.17) is 10.8 Å². The molecule has 0 saturated carbocycles. The molecule has 1 aromatic carbocycles. The third kappa shape index (κ3) is 4.09. The standard InChI is InChI=1S/C13H19FN2O2/c1-2-5-16(6-7-17)9-11-4-3-10(13(15)18)8-12(11)14/h3-4,8,17H,2,5-7,9H2,1H3,(H2,15,18). The van der Waals surface area contributed by atoms with Crippen LogP contribution in [0.4, 0.5) is 4.39 Å². The molecule has 3 N–H and O–H groups in total. The van der Waals surface area contributed by atoms with Gasteiger partial charge in [0, 0.05) is 24.2 Å². The zero-order chi connectivity index (χ0) is 13.5. The van der Waals surface area contributed by atoms with Crippen LogP contribution in [0.5, 0.6) is 0 Å². The number of primary amides is 1. The zero-order valence-corrected chi connectivity index (χ0v) is 10.5. The van der Waals surface area contributed by atoms with Crippen LogP contribution in [-0.2, 0) is 6.54 Å². The SMILES string of the molecule is CCCN(CCO)Cc1ccc(C(N)=O)cc1F. The van der Waals surface area contributed by atoms with E-state index >= 15 is 0 Å². The molecule has 0 atom stereocenters. The highest BCUT2D eigenvalue weighted by Gasteiger charge is 2.10. The monoisotopic (exact) mass is 254 g/mol. The Balaban J connectivity index is 2.79. The van der Waals surface area contributed by atoms with Crippen LogP contribution in [0.1, 0.15) is 29.3 Å². The van der Waals surface area contributed by atoms with Crippen molar-refractivity contribution in [1.29, 1.82) is 0 Å². The summed E-state index contributed by atoms with van der Waals surface area (Å²) in [6.07, 6.45) is 0.932. The molecule has 0 spiro atoms. The minimum absolute atomic E-state index is 0.0426. The molecule has 0 radical (unpaired) electrons. The summed E-state index contributed by atoms with van der Waals surface area (Å²) in [5, 5.41) is 8.93. The van der Waals surface area contributed by atoms with Crippen molar-refractivity contribution in [1.82, 2.24) is 4.90 Å². The van der Waals surface area contributed by atoms with Crippen LogP contribution in [0.3, 0.4) is 0 Å². The maximum atomic E-state index is 13.8. The molecule has 0 aliphatic carbocycles. The van der Waals surface area contributed by atoms with E-state index in [0.717, 1.165) is 19.0 Å². The number of halogens is 1. The molecular formula is C13H19FN2O2. The molecule has 5 heteroatoms. The van der Waals surface area contributed by atoms with Crippen molar-refractivity contribution < 1.29 is 14.3 Å². The number of amides is 1. The van der Waals surface area contributed by atoms with Crippen molar-refractivity contribution in [3.63, 3.8) is 0 Å². The summed E-state index contributed by atoms with van der Waals surface area (Å²) >= 11 is 0. The lowest BCUT2D eigenvalue weighted by molar-refractivity contribution is 0.1000. The first-order valence-corrected chi connectivity index (χ1v) is 6.00. The van der Waals surface area contributed by atoms with Gasteiger partial charge < -0.3 is 10.8 Å². The lowest BCUT2D eigenvalue weighted by Crippen LogP contribution is -2.27. The molecule has 0 aromatic heterocycles. The Morgan fingerprint density at radius 1 is 1.44 bits per heavy atom. The molecule has 1 rings (SSSR count). The number of rotatable bonds is 7. The molecule has 0 heterocycles. The van der Waals surface area contributed by atoms with Crippen LogP contribution >= 0.6 is 0 Å². The molecule has 0 fully saturated rings. The summed E-state index contributed by atoms with van der Waals surface area (Å²) in [6, 6.07) is 4.24. The predicted molar refractivity (Wildman–Crippen MR) is 67.6 cm³/mol. The fraction of sp³-hybridized carbons (Fsp3) is 0.462. The number of nitrogens with two attached hydrogens (primary N) is 1. The Hall–Kier alpha value is -1.46. The minimum atomic E-state index is -0.638. The van der Waals surface area contributed by atoms with Gasteiger partial charge in [-0.3, -0.25) is 9.69 Å². The molecular weight excluding hydrogens is 235 g/mol. The highest BCUT2D eigenvalue weighted by Crippen LogP contribution is 2.13. The highest BCUT2D eigenvalue weighted by molar-refractivity contribution is 5.92. The van der Waals surface area contributed by atoms with E-state index in [-0.39, 0.29) is 12.2 Å². The normalized spacial score (nSPS) is 10.9. The van der Waals surface area contributed by atoms with Crippen molar-refractivity contribution in [2.24, 2.45) is 5.73 Å². The average molecular weight is 254 g/mol. The first-order valence-electron chi connectivity index (χ1n) is 6.00. The fourth-order valence-electron chi connectivity index (χ4n) is 1.80. The number of aliphatic hydroxyl groups is 1. The number of hydrogen-bond donors (Lipinski definition) is 2. The molecule has 0 aliphatic heterocycles. The number of nitrogens with zero attached hydrogens (tertiary/aromatic N) is 1. The van der Waals surface area contributed by atoms with Crippen molar-refractivity contribution in [2.75, 3.05) is 19.7 Å². The second-order valence-corrected chi connectivity index (χ2v) is 4.17. The second kappa shape index (κ2) is 7.08. The van der Waals surface area contributed by atoms with Gasteiger partial charge in [0.2, 0.25) is 5.91 Å². The van der Waals surface area contributed by atoms with E-state index < -0.39 is 11.7 Å². The number of carbonyl (C=O) groups is 1. The highest BCUT2D eigenvalue weighted by atomic mass is 19.1. The molecule has 1 amide bonds. The third-order valence-corrected chi connectivity index (χ3v) is 2.69. The molecule has 0 saturated heterocycles. The van der Waals surface area contributed by atoms with E-state index in [9.17, 15) is 9.18 Å². The summed E-state index contributed by atoms with van der Waals surface area (Å²) in [7, 11) is 0. The van der Waals surface area contributed by atoms with Crippen molar-refractivity contribution >= 4 is 5.91 Å². The Morgan fingerprint density at radius 3 is 2.67 bits per heavy atom. The Morgan fingerprint density at radius 2 is 2.17 bits per heavy atom. The van der Waals surface area contributed by atoms with E-state index in [1.165, 1.54) is 6.07 Å². The van der Waals surface area contributed by atoms with Gasteiger partial charge in [-0.1, -0.05) is 13.0 Å². The van der Waals surface area contributed by atoms with Gasteiger partial charge in [-0.25, -0.2) is 4.39 Å². The van der Waals surface area contributed by atoms with Gasteiger partial charge >= 0.3 is 0 Å². The van der Waals surface area contributed by atoms with Crippen molar-refractivity contribution in [3.05, 3.63) is 35.1 Å². The van der Waals surface area contributed by atoms with Crippen LogP contribution in [0.25, 0.3) is 0 Å². The molecule has 100 valence electrons. The fourth-order valence-corrected chi connectivity index (χ4v) is 1.80. The lowest BCUT2D eigenvalue weighted by atomic mass is 10.1. The first kappa shape index (κ1) is 14.6. The lowest BCUT2D eigenvalue weighted by Gasteiger charge is -2.20. The summed E-state index contributed by atoms with van der Waals surface area (Å²) in [5.41, 5.74) is 5.75. The van der Waals surface area contributed by atoms with Gasteiger partial charge in [-0.15, -0.1) is 0 Å². The van der Waals surface area contributed by atoms with Gasteiger partial charge in [-0.05, 0) is 25.1 Å². The minimum Gasteiger partial charge on any atom is -0.395 e. The summed E-state index contributed by atoms with van der Waals surface area (Å²) < 4.78 is 13.8. The van der Waals surface area contributed by atoms with Crippen LogP contribution in [-0.4, -0.2) is 35.6 Å². The van der Waals surface area contributed by atoms with Crippen molar-refractivity contribution in [3.8, 4) is 0 Å². The Kier molecular flexibility index (Phi) is 5.74. The van der Waals surface area contributed by atoms with Crippen LogP contribution < -0.4 is 5.73 Å². The van der Waals surface area contributed by atoms with E-state index in [1.54, 1.807) is 6.07 Å². The molecule has 0 bridgehead atoms. The second-order valence-electron chi connectivity index (χ2n) is 4.17. The number of aliphatic hydroxyl groups excluding tert-OH is 1. The molecule has 0 unspecified atom stereocenters. The first-order chi connectivity index (χ1) is 8.58. The smallest absolute Gasteiger partial charge is 0.248 e. The van der Waals surface area contributed by atoms with Crippen molar-refractivity contribution in [2.45, 2.75) is 19.9 Å².